The van der Waals surface area contributed by atoms with Crippen LogP contribution in [0.15, 0.2) is 30.3 Å². The van der Waals surface area contributed by atoms with E-state index < -0.39 is 0 Å². The highest BCUT2D eigenvalue weighted by molar-refractivity contribution is 5.82. The number of ether oxygens (including phenoxy) is 1. The zero-order chi connectivity index (χ0) is 12.4. The van der Waals surface area contributed by atoms with E-state index in [2.05, 4.69) is 4.90 Å². The molecule has 3 heteroatoms. The molecule has 0 amide bonds. The van der Waals surface area contributed by atoms with Gasteiger partial charge in [-0.2, -0.15) is 0 Å². The second-order valence-corrected chi connectivity index (χ2v) is 5.35. The maximum atomic E-state index is 12.0. The Morgan fingerprint density at radius 1 is 1.17 bits per heavy atom. The summed E-state index contributed by atoms with van der Waals surface area (Å²) in [6, 6.07) is 9.98. The number of hydrogen-bond acceptors (Lipinski definition) is 3. The summed E-state index contributed by atoms with van der Waals surface area (Å²) in [4.78, 5) is 14.3. The van der Waals surface area contributed by atoms with Gasteiger partial charge in [0.05, 0.1) is 18.8 Å². The first-order valence-corrected chi connectivity index (χ1v) is 6.73. The summed E-state index contributed by atoms with van der Waals surface area (Å²) < 4.78 is 5.77. The SMILES string of the molecule is O=C(Cc1ccccc1)CN1CC2CCC(C1)O2. The lowest BCUT2D eigenvalue weighted by atomic mass is 10.1. The van der Waals surface area contributed by atoms with E-state index in [9.17, 15) is 4.79 Å². The minimum Gasteiger partial charge on any atom is -0.372 e. The molecule has 3 rings (SSSR count). The molecule has 0 saturated carbocycles. The average molecular weight is 245 g/mol. The Balaban J connectivity index is 1.52. The number of carbonyl (C=O) groups excluding carboxylic acids is 1. The first kappa shape index (κ1) is 11.9. The standard InChI is InChI=1S/C15H19NO2/c17-13(8-12-4-2-1-3-5-12)9-16-10-14-6-7-15(11-16)18-14/h1-5,14-15H,6-11H2. The first-order valence-electron chi connectivity index (χ1n) is 6.73. The molecular formula is C15H19NO2. The third kappa shape index (κ3) is 2.79. The molecule has 3 nitrogen and oxygen atoms in total. The third-order valence-corrected chi connectivity index (χ3v) is 3.76. The molecule has 2 atom stereocenters. The number of Topliss-reactive ketones (excluding diaryl/α,β-unsaturated/α-hetero) is 1. The van der Waals surface area contributed by atoms with Crippen molar-refractivity contribution in [2.24, 2.45) is 0 Å². The molecule has 0 aliphatic carbocycles. The summed E-state index contributed by atoms with van der Waals surface area (Å²) in [5.41, 5.74) is 1.11. The van der Waals surface area contributed by atoms with E-state index in [0.717, 1.165) is 31.5 Å². The van der Waals surface area contributed by atoms with Gasteiger partial charge in [0, 0.05) is 19.5 Å². The van der Waals surface area contributed by atoms with Crippen molar-refractivity contribution >= 4 is 5.78 Å². The predicted molar refractivity (Wildman–Crippen MR) is 69.5 cm³/mol. The quantitative estimate of drug-likeness (QED) is 0.808. The summed E-state index contributed by atoms with van der Waals surface area (Å²) in [6.07, 6.45) is 3.61. The van der Waals surface area contributed by atoms with E-state index in [-0.39, 0.29) is 0 Å². The van der Waals surface area contributed by atoms with Gasteiger partial charge in [-0.3, -0.25) is 9.69 Å². The molecule has 1 aromatic carbocycles. The maximum Gasteiger partial charge on any atom is 0.151 e. The molecule has 2 bridgehead atoms. The Kier molecular flexibility index (Phi) is 3.43. The molecule has 2 aliphatic heterocycles. The van der Waals surface area contributed by atoms with Crippen molar-refractivity contribution in [1.82, 2.24) is 4.90 Å². The van der Waals surface area contributed by atoms with Gasteiger partial charge in [-0.05, 0) is 18.4 Å². The molecule has 2 unspecified atom stereocenters. The normalized spacial score (nSPS) is 27.3. The average Bonchev–Trinajstić information content (AvgIpc) is 2.70. The van der Waals surface area contributed by atoms with E-state index in [1.165, 1.54) is 0 Å². The third-order valence-electron chi connectivity index (χ3n) is 3.76. The highest BCUT2D eigenvalue weighted by Crippen LogP contribution is 2.25. The number of benzene rings is 1. The molecule has 2 heterocycles. The van der Waals surface area contributed by atoms with Gasteiger partial charge in [0.1, 0.15) is 0 Å². The monoisotopic (exact) mass is 245 g/mol. The molecule has 96 valence electrons. The van der Waals surface area contributed by atoms with Crippen molar-refractivity contribution < 1.29 is 9.53 Å². The fraction of sp³-hybridized carbons (Fsp3) is 0.533. The van der Waals surface area contributed by atoms with Gasteiger partial charge in [-0.15, -0.1) is 0 Å². The van der Waals surface area contributed by atoms with Crippen LogP contribution in [0.2, 0.25) is 0 Å². The van der Waals surface area contributed by atoms with Crippen LogP contribution < -0.4 is 0 Å². The summed E-state index contributed by atoms with van der Waals surface area (Å²) in [5.74, 6) is 0.308. The van der Waals surface area contributed by atoms with E-state index >= 15 is 0 Å². The fourth-order valence-corrected chi connectivity index (χ4v) is 2.96. The molecule has 2 saturated heterocycles. The lowest BCUT2D eigenvalue weighted by Gasteiger charge is -2.31. The van der Waals surface area contributed by atoms with E-state index in [1.54, 1.807) is 0 Å². The summed E-state index contributed by atoms with van der Waals surface area (Å²) >= 11 is 0. The Morgan fingerprint density at radius 3 is 2.50 bits per heavy atom. The van der Waals surface area contributed by atoms with Gasteiger partial charge in [0.15, 0.2) is 5.78 Å². The summed E-state index contributed by atoms with van der Waals surface area (Å²) in [6.45, 7) is 2.43. The number of hydrogen-bond donors (Lipinski definition) is 0. The van der Waals surface area contributed by atoms with Crippen LogP contribution in [0.3, 0.4) is 0 Å². The smallest absolute Gasteiger partial charge is 0.151 e. The summed E-state index contributed by atoms with van der Waals surface area (Å²) in [5, 5.41) is 0. The number of carbonyl (C=O) groups is 1. The van der Waals surface area contributed by atoms with E-state index in [0.29, 0.717) is 31.0 Å². The van der Waals surface area contributed by atoms with Crippen molar-refractivity contribution in [2.75, 3.05) is 19.6 Å². The number of rotatable bonds is 4. The zero-order valence-electron chi connectivity index (χ0n) is 10.5. The van der Waals surface area contributed by atoms with E-state index in [1.807, 2.05) is 30.3 Å². The number of nitrogens with zero attached hydrogens (tertiary/aromatic N) is 1. The highest BCUT2D eigenvalue weighted by atomic mass is 16.5. The molecule has 18 heavy (non-hydrogen) atoms. The van der Waals surface area contributed by atoms with Crippen LogP contribution in [-0.4, -0.2) is 42.5 Å². The highest BCUT2D eigenvalue weighted by Gasteiger charge is 2.33. The Hall–Kier alpha value is -1.19. The predicted octanol–water partition coefficient (Wildman–Crippen LogP) is 1.66. The molecule has 0 radical (unpaired) electrons. The van der Waals surface area contributed by atoms with Crippen LogP contribution >= 0.6 is 0 Å². The zero-order valence-corrected chi connectivity index (χ0v) is 10.5. The lowest BCUT2D eigenvalue weighted by Crippen LogP contribution is -2.45. The maximum absolute atomic E-state index is 12.0. The number of ketones is 1. The van der Waals surface area contributed by atoms with Crippen molar-refractivity contribution in [3.63, 3.8) is 0 Å². The van der Waals surface area contributed by atoms with Gasteiger partial charge in [0.2, 0.25) is 0 Å². The fourth-order valence-electron chi connectivity index (χ4n) is 2.96. The van der Waals surface area contributed by atoms with Crippen LogP contribution in [0.25, 0.3) is 0 Å². The van der Waals surface area contributed by atoms with E-state index in [4.69, 9.17) is 4.74 Å². The van der Waals surface area contributed by atoms with Crippen molar-refractivity contribution in [1.29, 1.82) is 0 Å². The Labute approximate surface area is 108 Å². The largest absolute Gasteiger partial charge is 0.372 e. The topological polar surface area (TPSA) is 29.5 Å². The van der Waals surface area contributed by atoms with Crippen LogP contribution in [0.4, 0.5) is 0 Å². The number of fused-ring (bicyclic) bond motifs is 2. The molecule has 0 spiro atoms. The van der Waals surface area contributed by atoms with Crippen molar-refractivity contribution in [2.45, 2.75) is 31.5 Å². The van der Waals surface area contributed by atoms with Gasteiger partial charge in [-0.1, -0.05) is 30.3 Å². The van der Waals surface area contributed by atoms with Gasteiger partial charge < -0.3 is 4.74 Å². The molecular weight excluding hydrogens is 226 g/mol. The van der Waals surface area contributed by atoms with Crippen LogP contribution in [0.5, 0.6) is 0 Å². The second kappa shape index (κ2) is 5.21. The van der Waals surface area contributed by atoms with Gasteiger partial charge in [-0.25, -0.2) is 0 Å². The minimum absolute atomic E-state index is 0.308. The minimum atomic E-state index is 0.308. The first-order chi connectivity index (χ1) is 8.79. The number of likely N-dealkylation sites (tertiary alicyclic amines) is 1. The molecule has 2 aliphatic rings. The molecule has 1 aromatic rings. The van der Waals surface area contributed by atoms with Gasteiger partial charge in [0.25, 0.3) is 0 Å². The lowest BCUT2D eigenvalue weighted by molar-refractivity contribution is -0.121. The van der Waals surface area contributed by atoms with Crippen molar-refractivity contribution in [3.05, 3.63) is 35.9 Å². The van der Waals surface area contributed by atoms with Crippen LogP contribution in [-0.2, 0) is 16.0 Å². The van der Waals surface area contributed by atoms with Gasteiger partial charge >= 0.3 is 0 Å². The molecule has 0 aromatic heterocycles. The second-order valence-electron chi connectivity index (χ2n) is 5.35. The number of morpholine rings is 1. The molecule has 2 fully saturated rings. The summed E-state index contributed by atoms with van der Waals surface area (Å²) in [7, 11) is 0. The van der Waals surface area contributed by atoms with Crippen molar-refractivity contribution in [3.8, 4) is 0 Å². The van der Waals surface area contributed by atoms with Crippen LogP contribution in [0, 0.1) is 0 Å². The molecule has 0 N–H and O–H groups in total. The Morgan fingerprint density at radius 2 is 1.83 bits per heavy atom. The van der Waals surface area contributed by atoms with Crippen LogP contribution in [0.1, 0.15) is 18.4 Å². The Bertz CT molecular complexity index is 406.